The van der Waals surface area contributed by atoms with Gasteiger partial charge in [0.15, 0.2) is 0 Å². The zero-order valence-electron chi connectivity index (χ0n) is 7.32. The molecule has 1 aliphatic heterocycles. The predicted octanol–water partition coefficient (Wildman–Crippen LogP) is 0.375. The summed E-state index contributed by atoms with van der Waals surface area (Å²) in [6.07, 6.45) is 3.01. The average Bonchev–Trinajstić information content (AvgIpc) is 2.74. The Morgan fingerprint density at radius 2 is 2.67 bits per heavy atom. The van der Waals surface area contributed by atoms with Crippen molar-refractivity contribution in [2.24, 2.45) is 0 Å². The molecule has 66 valence electrons. The predicted molar refractivity (Wildman–Crippen MR) is 45.9 cm³/mol. The van der Waals surface area contributed by atoms with Crippen molar-refractivity contribution in [1.29, 1.82) is 0 Å². The van der Waals surface area contributed by atoms with E-state index in [1.165, 1.54) is 6.42 Å². The monoisotopic (exact) mass is 166 g/mol. The summed E-state index contributed by atoms with van der Waals surface area (Å²) in [6, 6.07) is 0. The fraction of sp³-hybridized carbons (Fsp3) is 0.750. The molecule has 1 unspecified atom stereocenters. The van der Waals surface area contributed by atoms with Crippen LogP contribution in [0.4, 0.5) is 0 Å². The van der Waals surface area contributed by atoms with Gasteiger partial charge in [-0.2, -0.15) is 0 Å². The number of hydrogen-bond donors (Lipinski definition) is 1. The molecule has 2 rings (SSSR count). The molecule has 0 bridgehead atoms. The highest BCUT2D eigenvalue weighted by atomic mass is 15.3. The van der Waals surface area contributed by atoms with Gasteiger partial charge >= 0.3 is 0 Å². The van der Waals surface area contributed by atoms with Crippen molar-refractivity contribution in [1.82, 2.24) is 20.1 Å². The second-order valence-electron chi connectivity index (χ2n) is 3.16. The third kappa shape index (κ3) is 1.22. The highest BCUT2D eigenvalue weighted by molar-refractivity contribution is 5.00. The Labute approximate surface area is 72.0 Å². The van der Waals surface area contributed by atoms with Crippen LogP contribution in [0.25, 0.3) is 0 Å². The topological polar surface area (TPSA) is 42.7 Å². The van der Waals surface area contributed by atoms with Gasteiger partial charge in [0, 0.05) is 19.0 Å². The highest BCUT2D eigenvalue weighted by Gasteiger charge is 2.20. The maximum absolute atomic E-state index is 4.14. The number of hydrogen-bond acceptors (Lipinski definition) is 3. The lowest BCUT2D eigenvalue weighted by Gasteiger charge is -2.07. The third-order valence-electron chi connectivity index (χ3n) is 2.41. The molecule has 1 fully saturated rings. The Hall–Kier alpha value is -0.900. The summed E-state index contributed by atoms with van der Waals surface area (Å²) in [5.41, 5.74) is 0. The first-order chi connectivity index (χ1) is 5.92. The fourth-order valence-electron chi connectivity index (χ4n) is 1.70. The minimum absolute atomic E-state index is 0.576. The standard InChI is InChI=1S/C8H14N4/c1-2-12-6-10-11-8(12)7-3-4-9-5-7/h6-7,9H,2-5H2,1H3. The molecule has 0 amide bonds. The van der Waals surface area contributed by atoms with Gasteiger partial charge in [0.05, 0.1) is 0 Å². The zero-order valence-corrected chi connectivity index (χ0v) is 7.32. The molecule has 0 saturated carbocycles. The van der Waals surface area contributed by atoms with Gasteiger partial charge in [-0.15, -0.1) is 10.2 Å². The molecule has 1 aromatic heterocycles. The molecular formula is C8H14N4. The maximum atomic E-state index is 4.14. The molecule has 0 aromatic carbocycles. The van der Waals surface area contributed by atoms with Gasteiger partial charge in [-0.3, -0.25) is 0 Å². The van der Waals surface area contributed by atoms with Gasteiger partial charge in [0.1, 0.15) is 12.2 Å². The van der Waals surface area contributed by atoms with Gasteiger partial charge in [0.25, 0.3) is 0 Å². The minimum atomic E-state index is 0.576. The summed E-state index contributed by atoms with van der Waals surface area (Å²) in [5.74, 6) is 1.72. The maximum Gasteiger partial charge on any atom is 0.137 e. The van der Waals surface area contributed by atoms with Crippen LogP contribution in [0, 0.1) is 0 Å². The van der Waals surface area contributed by atoms with Crippen LogP contribution in [-0.4, -0.2) is 27.9 Å². The highest BCUT2D eigenvalue weighted by Crippen LogP contribution is 2.19. The van der Waals surface area contributed by atoms with E-state index < -0.39 is 0 Å². The normalized spacial score (nSPS) is 23.2. The van der Waals surface area contributed by atoms with E-state index in [1.54, 1.807) is 0 Å². The number of rotatable bonds is 2. The van der Waals surface area contributed by atoms with Crippen molar-refractivity contribution in [2.45, 2.75) is 25.8 Å². The quantitative estimate of drug-likeness (QED) is 0.690. The molecule has 12 heavy (non-hydrogen) atoms. The average molecular weight is 166 g/mol. The van der Waals surface area contributed by atoms with Gasteiger partial charge < -0.3 is 9.88 Å². The summed E-state index contributed by atoms with van der Waals surface area (Å²) in [7, 11) is 0. The van der Waals surface area contributed by atoms with E-state index in [4.69, 9.17) is 0 Å². The first-order valence-electron chi connectivity index (χ1n) is 4.50. The number of nitrogens with one attached hydrogen (secondary N) is 1. The van der Waals surface area contributed by atoms with Crippen molar-refractivity contribution in [3.63, 3.8) is 0 Å². The van der Waals surface area contributed by atoms with Gasteiger partial charge in [0.2, 0.25) is 0 Å². The largest absolute Gasteiger partial charge is 0.318 e. The van der Waals surface area contributed by atoms with E-state index in [2.05, 4.69) is 27.0 Å². The SMILES string of the molecule is CCn1cnnc1C1CCNC1. The molecule has 1 aromatic rings. The van der Waals surface area contributed by atoms with E-state index in [9.17, 15) is 0 Å². The lowest BCUT2D eigenvalue weighted by Crippen LogP contribution is -2.12. The van der Waals surface area contributed by atoms with Gasteiger partial charge in [-0.25, -0.2) is 0 Å². The van der Waals surface area contributed by atoms with E-state index in [0.717, 1.165) is 25.5 Å². The molecule has 0 aliphatic carbocycles. The number of aromatic nitrogens is 3. The first-order valence-corrected chi connectivity index (χ1v) is 4.50. The molecule has 0 radical (unpaired) electrons. The van der Waals surface area contributed by atoms with E-state index in [0.29, 0.717) is 5.92 Å². The van der Waals surface area contributed by atoms with Crippen molar-refractivity contribution in [3.8, 4) is 0 Å². The lowest BCUT2D eigenvalue weighted by molar-refractivity contribution is 0.619. The van der Waals surface area contributed by atoms with Crippen LogP contribution in [0.3, 0.4) is 0 Å². The van der Waals surface area contributed by atoms with Crippen LogP contribution in [0.15, 0.2) is 6.33 Å². The number of aryl methyl sites for hydroxylation is 1. The molecule has 1 saturated heterocycles. The number of nitrogens with zero attached hydrogens (tertiary/aromatic N) is 3. The van der Waals surface area contributed by atoms with Crippen molar-refractivity contribution in [3.05, 3.63) is 12.2 Å². The molecular weight excluding hydrogens is 152 g/mol. The third-order valence-corrected chi connectivity index (χ3v) is 2.41. The minimum Gasteiger partial charge on any atom is -0.318 e. The first kappa shape index (κ1) is 7.73. The molecule has 4 nitrogen and oxygen atoms in total. The Balaban J connectivity index is 2.19. The lowest BCUT2D eigenvalue weighted by atomic mass is 10.1. The Morgan fingerprint density at radius 3 is 3.33 bits per heavy atom. The molecule has 1 aliphatic rings. The zero-order chi connectivity index (χ0) is 8.39. The summed E-state index contributed by atoms with van der Waals surface area (Å²) >= 11 is 0. The fourth-order valence-corrected chi connectivity index (χ4v) is 1.70. The van der Waals surface area contributed by atoms with Crippen LogP contribution in [0.5, 0.6) is 0 Å². The van der Waals surface area contributed by atoms with E-state index in [1.807, 2.05) is 6.33 Å². The molecule has 1 atom stereocenters. The Bertz CT molecular complexity index is 249. The summed E-state index contributed by atoms with van der Waals surface area (Å²) < 4.78 is 2.12. The summed E-state index contributed by atoms with van der Waals surface area (Å²) in [6.45, 7) is 5.26. The van der Waals surface area contributed by atoms with Gasteiger partial charge in [-0.05, 0) is 19.9 Å². The Morgan fingerprint density at radius 1 is 1.75 bits per heavy atom. The van der Waals surface area contributed by atoms with Crippen LogP contribution >= 0.6 is 0 Å². The summed E-state index contributed by atoms with van der Waals surface area (Å²) in [5, 5.41) is 11.4. The second-order valence-corrected chi connectivity index (χ2v) is 3.16. The van der Waals surface area contributed by atoms with Gasteiger partial charge in [-0.1, -0.05) is 0 Å². The molecule has 4 heteroatoms. The van der Waals surface area contributed by atoms with E-state index >= 15 is 0 Å². The van der Waals surface area contributed by atoms with Crippen molar-refractivity contribution < 1.29 is 0 Å². The van der Waals surface area contributed by atoms with Crippen molar-refractivity contribution >= 4 is 0 Å². The molecule has 0 spiro atoms. The van der Waals surface area contributed by atoms with Crippen LogP contribution in [0.1, 0.15) is 25.1 Å². The smallest absolute Gasteiger partial charge is 0.137 e. The Kier molecular flexibility index (Phi) is 2.08. The van der Waals surface area contributed by atoms with E-state index in [-0.39, 0.29) is 0 Å². The second kappa shape index (κ2) is 3.23. The van der Waals surface area contributed by atoms with Crippen LogP contribution in [-0.2, 0) is 6.54 Å². The molecule has 1 N–H and O–H groups in total. The van der Waals surface area contributed by atoms with Crippen molar-refractivity contribution in [2.75, 3.05) is 13.1 Å². The summed E-state index contributed by atoms with van der Waals surface area (Å²) in [4.78, 5) is 0. The van der Waals surface area contributed by atoms with Crippen LogP contribution in [0.2, 0.25) is 0 Å². The van der Waals surface area contributed by atoms with Crippen LogP contribution < -0.4 is 5.32 Å². The molecule has 2 heterocycles.